The van der Waals surface area contributed by atoms with Gasteiger partial charge in [0.25, 0.3) is 5.91 Å². The molecule has 0 fully saturated rings. The van der Waals surface area contributed by atoms with Crippen molar-refractivity contribution in [3.05, 3.63) is 29.3 Å². The predicted octanol–water partition coefficient (Wildman–Crippen LogP) is 1.03. The first-order valence-corrected chi connectivity index (χ1v) is 5.16. The quantitative estimate of drug-likeness (QED) is 0.776. The molecule has 4 nitrogen and oxygen atoms in total. The molecule has 1 rings (SSSR count). The van der Waals surface area contributed by atoms with Crippen LogP contribution in [0.3, 0.4) is 0 Å². The smallest absolute Gasteiger partial charge is 0.255 e. The number of carbonyl (C=O) groups is 1. The molecule has 2 N–H and O–H groups in total. The lowest BCUT2D eigenvalue weighted by atomic mass is 10.1. The summed E-state index contributed by atoms with van der Waals surface area (Å²) in [6.07, 6.45) is 0. The summed E-state index contributed by atoms with van der Waals surface area (Å²) in [5, 5.41) is 0. The summed E-state index contributed by atoms with van der Waals surface area (Å²) in [7, 11) is 7.43. The monoisotopic (exact) mass is 221 g/mol. The molecule has 4 heteroatoms. The summed E-state index contributed by atoms with van der Waals surface area (Å²) >= 11 is 0. The average Bonchev–Trinajstić information content (AvgIpc) is 2.15. The van der Waals surface area contributed by atoms with Crippen molar-refractivity contribution in [1.29, 1.82) is 0 Å². The third kappa shape index (κ3) is 2.97. The van der Waals surface area contributed by atoms with E-state index in [2.05, 4.69) is 4.90 Å². The van der Waals surface area contributed by atoms with Crippen molar-refractivity contribution >= 4 is 11.6 Å². The van der Waals surface area contributed by atoms with Gasteiger partial charge in [0, 0.05) is 26.3 Å². The number of nitrogens with zero attached hydrogens (tertiary/aromatic N) is 2. The van der Waals surface area contributed by atoms with Crippen LogP contribution in [0, 0.1) is 0 Å². The molecule has 0 aliphatic heterocycles. The van der Waals surface area contributed by atoms with Gasteiger partial charge in [-0.3, -0.25) is 4.79 Å². The van der Waals surface area contributed by atoms with Gasteiger partial charge in [0.05, 0.1) is 5.56 Å². The maximum atomic E-state index is 11.7. The van der Waals surface area contributed by atoms with Crippen LogP contribution in [0.1, 0.15) is 15.9 Å². The first kappa shape index (κ1) is 12.5. The number of benzene rings is 1. The lowest BCUT2D eigenvalue weighted by molar-refractivity contribution is 0.0828. The fourth-order valence-corrected chi connectivity index (χ4v) is 1.51. The van der Waals surface area contributed by atoms with E-state index in [1.54, 1.807) is 20.2 Å². The summed E-state index contributed by atoms with van der Waals surface area (Å²) < 4.78 is 0. The van der Waals surface area contributed by atoms with Gasteiger partial charge in [-0.05, 0) is 31.8 Å². The van der Waals surface area contributed by atoms with Crippen LogP contribution < -0.4 is 5.73 Å². The normalized spacial score (nSPS) is 10.6. The molecule has 0 aliphatic rings. The van der Waals surface area contributed by atoms with Crippen LogP contribution in [0.2, 0.25) is 0 Å². The first-order chi connectivity index (χ1) is 7.41. The molecule has 88 valence electrons. The second kappa shape index (κ2) is 4.99. The van der Waals surface area contributed by atoms with E-state index >= 15 is 0 Å². The highest BCUT2D eigenvalue weighted by Gasteiger charge is 2.11. The predicted molar refractivity (Wildman–Crippen MR) is 66.3 cm³/mol. The number of nitrogens with two attached hydrogens (primary N) is 1. The summed E-state index contributed by atoms with van der Waals surface area (Å²) in [6.45, 7) is 0.820. The highest BCUT2D eigenvalue weighted by molar-refractivity contribution is 5.98. The van der Waals surface area contributed by atoms with Crippen LogP contribution in [0.15, 0.2) is 18.2 Å². The summed E-state index contributed by atoms with van der Waals surface area (Å²) in [6, 6.07) is 5.58. The fourth-order valence-electron chi connectivity index (χ4n) is 1.51. The van der Waals surface area contributed by atoms with Crippen LogP contribution in [0.4, 0.5) is 5.69 Å². The van der Waals surface area contributed by atoms with Gasteiger partial charge in [-0.2, -0.15) is 0 Å². The molecule has 0 bridgehead atoms. The van der Waals surface area contributed by atoms with Gasteiger partial charge in [0.1, 0.15) is 0 Å². The van der Waals surface area contributed by atoms with E-state index in [0.717, 1.165) is 12.1 Å². The van der Waals surface area contributed by atoms with Crippen molar-refractivity contribution in [3.63, 3.8) is 0 Å². The molecule has 0 radical (unpaired) electrons. The highest BCUT2D eigenvalue weighted by Crippen LogP contribution is 2.16. The number of anilines is 1. The standard InChI is InChI=1S/C12H19N3O/c1-14(2)8-9-5-6-10(11(13)7-9)12(16)15(3)4/h5-7H,8,13H2,1-4H3. The molecule has 0 saturated carbocycles. The highest BCUT2D eigenvalue weighted by atomic mass is 16.2. The number of carbonyl (C=O) groups excluding carboxylic acids is 1. The van der Waals surface area contributed by atoms with Crippen molar-refractivity contribution in [2.24, 2.45) is 0 Å². The molecular formula is C12H19N3O. The molecule has 1 amide bonds. The zero-order chi connectivity index (χ0) is 12.3. The lowest BCUT2D eigenvalue weighted by Gasteiger charge is -2.14. The van der Waals surface area contributed by atoms with E-state index in [-0.39, 0.29) is 5.91 Å². The van der Waals surface area contributed by atoms with E-state index in [1.165, 1.54) is 4.90 Å². The van der Waals surface area contributed by atoms with Crippen molar-refractivity contribution in [1.82, 2.24) is 9.80 Å². The van der Waals surface area contributed by atoms with E-state index in [1.807, 2.05) is 26.2 Å². The molecule has 0 atom stereocenters. The van der Waals surface area contributed by atoms with E-state index in [9.17, 15) is 4.79 Å². The van der Waals surface area contributed by atoms with Crippen molar-refractivity contribution in [2.45, 2.75) is 6.54 Å². The van der Waals surface area contributed by atoms with Gasteiger partial charge in [0.2, 0.25) is 0 Å². The second-order valence-corrected chi connectivity index (χ2v) is 4.36. The van der Waals surface area contributed by atoms with E-state index in [4.69, 9.17) is 5.73 Å². The molecule has 0 spiro atoms. The minimum Gasteiger partial charge on any atom is -0.398 e. The molecule has 0 aromatic heterocycles. The number of hydrogen-bond donors (Lipinski definition) is 1. The molecule has 1 aromatic rings. The van der Waals surface area contributed by atoms with E-state index in [0.29, 0.717) is 11.3 Å². The molecule has 0 heterocycles. The Labute approximate surface area is 96.6 Å². The molecule has 0 unspecified atom stereocenters. The maximum absolute atomic E-state index is 11.7. The largest absolute Gasteiger partial charge is 0.398 e. The van der Waals surface area contributed by atoms with Gasteiger partial charge in [-0.15, -0.1) is 0 Å². The zero-order valence-corrected chi connectivity index (χ0v) is 10.3. The minimum absolute atomic E-state index is 0.0612. The summed E-state index contributed by atoms with van der Waals surface area (Å²) in [5.41, 5.74) is 8.08. The van der Waals surface area contributed by atoms with E-state index < -0.39 is 0 Å². The number of hydrogen-bond acceptors (Lipinski definition) is 3. The number of rotatable bonds is 3. The summed E-state index contributed by atoms with van der Waals surface area (Å²) in [5.74, 6) is -0.0612. The fraction of sp³-hybridized carbons (Fsp3) is 0.417. The molecular weight excluding hydrogens is 202 g/mol. The Morgan fingerprint density at radius 1 is 1.25 bits per heavy atom. The van der Waals surface area contributed by atoms with Crippen LogP contribution in [0.5, 0.6) is 0 Å². The maximum Gasteiger partial charge on any atom is 0.255 e. The Morgan fingerprint density at radius 2 is 1.88 bits per heavy atom. The van der Waals surface area contributed by atoms with Crippen LogP contribution in [-0.2, 0) is 6.54 Å². The molecule has 0 aliphatic carbocycles. The van der Waals surface area contributed by atoms with Gasteiger partial charge in [0.15, 0.2) is 0 Å². The first-order valence-electron chi connectivity index (χ1n) is 5.16. The Balaban J connectivity index is 2.96. The second-order valence-electron chi connectivity index (χ2n) is 4.36. The number of amides is 1. The van der Waals surface area contributed by atoms with Gasteiger partial charge in [-0.1, -0.05) is 6.07 Å². The van der Waals surface area contributed by atoms with Crippen molar-refractivity contribution < 1.29 is 4.79 Å². The SMILES string of the molecule is CN(C)Cc1ccc(C(=O)N(C)C)c(N)c1. The van der Waals surface area contributed by atoms with Crippen LogP contribution in [-0.4, -0.2) is 43.9 Å². The van der Waals surface area contributed by atoms with Crippen LogP contribution in [0.25, 0.3) is 0 Å². The van der Waals surface area contributed by atoms with Gasteiger partial charge in [-0.25, -0.2) is 0 Å². The molecule has 16 heavy (non-hydrogen) atoms. The lowest BCUT2D eigenvalue weighted by Crippen LogP contribution is -2.23. The van der Waals surface area contributed by atoms with Crippen molar-refractivity contribution in [3.8, 4) is 0 Å². The zero-order valence-electron chi connectivity index (χ0n) is 10.3. The Hall–Kier alpha value is -1.55. The Bertz CT molecular complexity index is 386. The molecule has 1 aromatic carbocycles. The average molecular weight is 221 g/mol. The molecule has 0 saturated heterocycles. The third-order valence-electron chi connectivity index (χ3n) is 2.25. The van der Waals surface area contributed by atoms with Crippen molar-refractivity contribution in [2.75, 3.05) is 33.9 Å². The van der Waals surface area contributed by atoms with Crippen LogP contribution >= 0.6 is 0 Å². The third-order valence-corrected chi connectivity index (χ3v) is 2.25. The number of nitrogen functional groups attached to an aromatic ring is 1. The van der Waals surface area contributed by atoms with Gasteiger partial charge < -0.3 is 15.5 Å². The summed E-state index contributed by atoms with van der Waals surface area (Å²) in [4.78, 5) is 15.3. The minimum atomic E-state index is -0.0612. The van der Waals surface area contributed by atoms with Gasteiger partial charge >= 0.3 is 0 Å². The Morgan fingerprint density at radius 3 is 2.31 bits per heavy atom. The topological polar surface area (TPSA) is 49.6 Å². The Kier molecular flexibility index (Phi) is 3.90.